The Morgan fingerprint density at radius 3 is 2.65 bits per heavy atom. The number of hydrogen-bond acceptors (Lipinski definition) is 3. The van der Waals surface area contributed by atoms with Gasteiger partial charge in [0.05, 0.1) is 11.3 Å². The first-order valence-corrected chi connectivity index (χ1v) is 6.92. The van der Waals surface area contributed by atoms with Gasteiger partial charge in [0.2, 0.25) is 0 Å². The van der Waals surface area contributed by atoms with Crippen LogP contribution < -0.4 is 10.6 Å². The summed E-state index contributed by atoms with van der Waals surface area (Å²) in [6, 6.07) is 4.26. The van der Waals surface area contributed by atoms with Gasteiger partial charge in [0.15, 0.2) is 0 Å². The molecule has 2 amide bonds. The van der Waals surface area contributed by atoms with Crippen molar-refractivity contribution < 1.29 is 14.7 Å². The maximum absolute atomic E-state index is 11.7. The van der Waals surface area contributed by atoms with Crippen LogP contribution >= 0.6 is 15.9 Å². The van der Waals surface area contributed by atoms with Crippen molar-refractivity contribution in [3.05, 3.63) is 28.2 Å². The number of carbonyl (C=O) groups is 2. The highest BCUT2D eigenvalue weighted by Crippen LogP contribution is 2.21. The molecule has 0 atom stereocenters. The number of nitrogens with zero attached hydrogens (tertiary/aromatic N) is 1. The van der Waals surface area contributed by atoms with E-state index in [9.17, 15) is 9.59 Å². The topological polar surface area (TPSA) is 81.7 Å². The van der Waals surface area contributed by atoms with E-state index in [-0.39, 0.29) is 11.3 Å². The molecule has 110 valence electrons. The zero-order valence-corrected chi connectivity index (χ0v) is 13.0. The fraction of sp³-hybridized carbons (Fsp3) is 0.385. The molecular weight excluding hydrogens is 326 g/mol. The van der Waals surface area contributed by atoms with Crippen LogP contribution in [0.4, 0.5) is 10.5 Å². The molecule has 0 saturated carbocycles. The normalized spacial score (nSPS) is 10.4. The van der Waals surface area contributed by atoms with Gasteiger partial charge in [-0.1, -0.05) is 15.9 Å². The number of rotatable bonds is 6. The van der Waals surface area contributed by atoms with E-state index in [1.54, 1.807) is 12.1 Å². The van der Waals surface area contributed by atoms with Crippen LogP contribution in [0.3, 0.4) is 0 Å². The lowest BCUT2D eigenvalue weighted by molar-refractivity contribution is 0.0698. The van der Waals surface area contributed by atoms with Gasteiger partial charge < -0.3 is 20.6 Å². The molecule has 0 aliphatic carbocycles. The minimum absolute atomic E-state index is 0.0443. The van der Waals surface area contributed by atoms with E-state index in [2.05, 4.69) is 26.6 Å². The summed E-state index contributed by atoms with van der Waals surface area (Å²) in [6.07, 6.45) is 0.826. The number of amides is 2. The number of carboxylic acid groups (broad SMARTS) is 1. The molecule has 0 heterocycles. The van der Waals surface area contributed by atoms with Gasteiger partial charge in [-0.3, -0.25) is 0 Å². The van der Waals surface area contributed by atoms with Crippen LogP contribution in [0.15, 0.2) is 22.7 Å². The van der Waals surface area contributed by atoms with Crippen molar-refractivity contribution in [3.63, 3.8) is 0 Å². The summed E-state index contributed by atoms with van der Waals surface area (Å²) in [5.74, 6) is -1.09. The van der Waals surface area contributed by atoms with E-state index in [1.165, 1.54) is 6.07 Å². The molecule has 0 bridgehead atoms. The monoisotopic (exact) mass is 343 g/mol. The SMILES string of the molecule is CN(C)CCCNC(=O)Nc1ccc(Br)cc1C(=O)O. The predicted octanol–water partition coefficient (Wildman–Crippen LogP) is 2.22. The van der Waals surface area contributed by atoms with E-state index in [1.807, 2.05) is 19.0 Å². The van der Waals surface area contributed by atoms with Crippen molar-refractivity contribution in [2.24, 2.45) is 0 Å². The standard InChI is InChI=1S/C13H18BrN3O3/c1-17(2)7-3-6-15-13(20)16-11-5-4-9(14)8-10(11)12(18)19/h4-5,8H,3,6-7H2,1-2H3,(H,18,19)(H2,15,16,20). The maximum atomic E-state index is 11.7. The number of anilines is 1. The van der Waals surface area contributed by atoms with Crippen LogP contribution in [-0.2, 0) is 0 Å². The molecule has 0 aliphatic heterocycles. The van der Waals surface area contributed by atoms with Crippen molar-refractivity contribution in [2.45, 2.75) is 6.42 Å². The van der Waals surface area contributed by atoms with Gasteiger partial charge in [-0.15, -0.1) is 0 Å². The van der Waals surface area contributed by atoms with Crippen molar-refractivity contribution in [1.82, 2.24) is 10.2 Å². The largest absolute Gasteiger partial charge is 0.478 e. The van der Waals surface area contributed by atoms with E-state index in [0.717, 1.165) is 13.0 Å². The summed E-state index contributed by atoms with van der Waals surface area (Å²) in [4.78, 5) is 24.8. The molecule has 0 saturated heterocycles. The Hall–Kier alpha value is -1.60. The van der Waals surface area contributed by atoms with Crippen LogP contribution in [-0.4, -0.2) is 49.2 Å². The summed E-state index contributed by atoms with van der Waals surface area (Å²) in [7, 11) is 3.92. The highest BCUT2D eigenvalue weighted by Gasteiger charge is 2.12. The maximum Gasteiger partial charge on any atom is 0.337 e. The first kappa shape index (κ1) is 16.5. The second kappa shape index (κ2) is 7.86. The van der Waals surface area contributed by atoms with Gasteiger partial charge in [0, 0.05) is 11.0 Å². The molecule has 0 fully saturated rings. The minimum atomic E-state index is -1.09. The summed E-state index contributed by atoms with van der Waals surface area (Å²) < 4.78 is 0.645. The Kier molecular flexibility index (Phi) is 6.47. The number of nitrogens with one attached hydrogen (secondary N) is 2. The van der Waals surface area contributed by atoms with Gasteiger partial charge in [-0.05, 0) is 45.3 Å². The van der Waals surface area contributed by atoms with E-state index < -0.39 is 12.0 Å². The summed E-state index contributed by atoms with van der Waals surface area (Å²) in [5, 5.41) is 14.3. The van der Waals surface area contributed by atoms with Crippen molar-refractivity contribution in [3.8, 4) is 0 Å². The highest BCUT2D eigenvalue weighted by molar-refractivity contribution is 9.10. The average molecular weight is 344 g/mol. The number of halogens is 1. The molecule has 0 radical (unpaired) electrons. The highest BCUT2D eigenvalue weighted by atomic mass is 79.9. The number of carboxylic acids is 1. The van der Waals surface area contributed by atoms with Crippen LogP contribution in [0.2, 0.25) is 0 Å². The predicted molar refractivity (Wildman–Crippen MR) is 81.3 cm³/mol. The van der Waals surface area contributed by atoms with Gasteiger partial charge in [0.1, 0.15) is 0 Å². The zero-order valence-electron chi connectivity index (χ0n) is 11.4. The third-order valence-corrected chi connectivity index (χ3v) is 3.02. The lowest BCUT2D eigenvalue weighted by Crippen LogP contribution is -2.31. The fourth-order valence-corrected chi connectivity index (χ4v) is 1.93. The fourth-order valence-electron chi connectivity index (χ4n) is 1.57. The first-order valence-electron chi connectivity index (χ1n) is 6.12. The molecule has 0 aromatic heterocycles. The Morgan fingerprint density at radius 2 is 2.05 bits per heavy atom. The first-order chi connectivity index (χ1) is 9.40. The minimum Gasteiger partial charge on any atom is -0.478 e. The molecule has 0 unspecified atom stereocenters. The number of carbonyl (C=O) groups excluding carboxylic acids is 1. The van der Waals surface area contributed by atoms with Gasteiger partial charge in [-0.25, -0.2) is 9.59 Å². The van der Waals surface area contributed by atoms with Crippen LogP contribution in [0.25, 0.3) is 0 Å². The quantitative estimate of drug-likeness (QED) is 0.691. The summed E-state index contributed by atoms with van der Waals surface area (Å²) >= 11 is 3.20. The molecule has 6 nitrogen and oxygen atoms in total. The lowest BCUT2D eigenvalue weighted by Gasteiger charge is -2.12. The molecule has 20 heavy (non-hydrogen) atoms. The van der Waals surface area contributed by atoms with Gasteiger partial charge in [-0.2, -0.15) is 0 Å². The molecule has 0 aliphatic rings. The van der Waals surface area contributed by atoms with Crippen molar-refractivity contribution in [2.75, 3.05) is 32.5 Å². The zero-order chi connectivity index (χ0) is 15.1. The summed E-state index contributed by atoms with van der Waals surface area (Å²) in [6.45, 7) is 1.40. The van der Waals surface area contributed by atoms with Crippen LogP contribution in [0.1, 0.15) is 16.8 Å². The summed E-state index contributed by atoms with van der Waals surface area (Å²) in [5.41, 5.74) is 0.314. The number of aromatic carboxylic acids is 1. The second-order valence-electron chi connectivity index (χ2n) is 4.53. The molecule has 1 aromatic carbocycles. The Morgan fingerprint density at radius 1 is 1.35 bits per heavy atom. The number of urea groups is 1. The second-order valence-corrected chi connectivity index (χ2v) is 5.45. The van der Waals surface area contributed by atoms with Crippen molar-refractivity contribution in [1.29, 1.82) is 0 Å². The molecule has 7 heteroatoms. The smallest absolute Gasteiger partial charge is 0.337 e. The van der Waals surface area contributed by atoms with E-state index >= 15 is 0 Å². The average Bonchev–Trinajstić information content (AvgIpc) is 2.36. The third-order valence-electron chi connectivity index (χ3n) is 2.53. The molecule has 0 spiro atoms. The van der Waals surface area contributed by atoms with Crippen molar-refractivity contribution >= 4 is 33.6 Å². The van der Waals surface area contributed by atoms with E-state index in [0.29, 0.717) is 11.0 Å². The number of hydrogen-bond donors (Lipinski definition) is 3. The molecular formula is C13H18BrN3O3. The Labute approximate surface area is 126 Å². The van der Waals surface area contributed by atoms with Gasteiger partial charge >= 0.3 is 12.0 Å². The molecule has 1 rings (SSSR count). The molecule has 3 N–H and O–H groups in total. The Bertz CT molecular complexity index is 492. The molecule has 1 aromatic rings. The van der Waals surface area contributed by atoms with Crippen LogP contribution in [0.5, 0.6) is 0 Å². The third kappa shape index (κ3) is 5.58. The lowest BCUT2D eigenvalue weighted by atomic mass is 10.2. The van der Waals surface area contributed by atoms with Crippen LogP contribution in [0, 0.1) is 0 Å². The Balaban J connectivity index is 2.55. The van der Waals surface area contributed by atoms with E-state index in [4.69, 9.17) is 5.11 Å². The number of benzene rings is 1. The van der Waals surface area contributed by atoms with Gasteiger partial charge in [0.25, 0.3) is 0 Å².